The van der Waals surface area contributed by atoms with E-state index in [1.54, 1.807) is 38.1 Å². The highest BCUT2D eigenvalue weighted by Gasteiger charge is 2.20. The Morgan fingerprint density at radius 1 is 0.950 bits per heavy atom. The zero-order chi connectivity index (χ0) is 14.9. The highest BCUT2D eigenvalue weighted by Crippen LogP contribution is 2.26. The number of para-hydroxylation sites is 1. The Balaban J connectivity index is 2.50. The molecule has 0 aliphatic heterocycles. The molecule has 0 aliphatic carbocycles. The smallest absolute Gasteiger partial charge is 0.262 e. The lowest BCUT2D eigenvalue weighted by atomic mass is 10.1. The highest BCUT2D eigenvalue weighted by atomic mass is 32.2. The molecule has 0 amide bonds. The Hall–Kier alpha value is -2.01. The van der Waals surface area contributed by atoms with E-state index in [0.717, 1.165) is 5.56 Å². The first kappa shape index (κ1) is 14.4. The van der Waals surface area contributed by atoms with Crippen LogP contribution in [0.25, 0.3) is 0 Å². The van der Waals surface area contributed by atoms with Gasteiger partial charge in [0, 0.05) is 5.69 Å². The quantitative estimate of drug-likeness (QED) is 0.854. The van der Waals surface area contributed by atoms with Crippen molar-refractivity contribution in [3.8, 4) is 0 Å². The largest absolute Gasteiger partial charge is 0.399 e. The Kier molecular flexibility index (Phi) is 3.72. The SMILES string of the molecule is Cc1ccccc1NS(=O)(=O)c1c(C)cc(N)cc1C. The van der Waals surface area contributed by atoms with Gasteiger partial charge in [0.15, 0.2) is 0 Å². The first-order valence-corrected chi connectivity index (χ1v) is 7.75. The lowest BCUT2D eigenvalue weighted by molar-refractivity contribution is 0.600. The molecule has 0 heterocycles. The maximum atomic E-state index is 12.6. The van der Waals surface area contributed by atoms with Crippen molar-refractivity contribution in [2.45, 2.75) is 25.7 Å². The van der Waals surface area contributed by atoms with E-state index in [4.69, 9.17) is 5.73 Å². The molecule has 0 unspecified atom stereocenters. The molecule has 2 aromatic rings. The van der Waals surface area contributed by atoms with Crippen molar-refractivity contribution in [3.05, 3.63) is 53.1 Å². The number of sulfonamides is 1. The summed E-state index contributed by atoms with van der Waals surface area (Å²) in [7, 11) is -3.62. The van der Waals surface area contributed by atoms with Gasteiger partial charge < -0.3 is 5.73 Å². The lowest BCUT2D eigenvalue weighted by Crippen LogP contribution is -2.16. The molecule has 0 radical (unpaired) electrons. The van der Waals surface area contributed by atoms with E-state index in [-0.39, 0.29) is 4.90 Å². The molecule has 0 atom stereocenters. The first-order chi connectivity index (χ1) is 9.31. The Labute approximate surface area is 119 Å². The summed E-state index contributed by atoms with van der Waals surface area (Å²) < 4.78 is 27.7. The lowest BCUT2D eigenvalue weighted by Gasteiger charge is -2.15. The van der Waals surface area contributed by atoms with Gasteiger partial charge in [0.2, 0.25) is 0 Å². The second kappa shape index (κ2) is 5.17. The summed E-state index contributed by atoms with van der Waals surface area (Å²) in [6.07, 6.45) is 0. The van der Waals surface area contributed by atoms with Gasteiger partial charge in [-0.25, -0.2) is 8.42 Å². The molecule has 0 fully saturated rings. The predicted octanol–water partition coefficient (Wildman–Crippen LogP) is 2.99. The number of rotatable bonds is 3. The average molecular weight is 290 g/mol. The summed E-state index contributed by atoms with van der Waals surface area (Å²) in [5, 5.41) is 0. The van der Waals surface area contributed by atoms with E-state index in [9.17, 15) is 8.42 Å². The molecule has 0 aromatic heterocycles. The van der Waals surface area contributed by atoms with Crippen LogP contribution in [0.2, 0.25) is 0 Å². The predicted molar refractivity (Wildman–Crippen MR) is 82.3 cm³/mol. The Bertz CT molecular complexity index is 729. The summed E-state index contributed by atoms with van der Waals surface area (Å²) in [6.45, 7) is 5.35. The summed E-state index contributed by atoms with van der Waals surface area (Å²) in [6, 6.07) is 10.6. The maximum absolute atomic E-state index is 12.6. The molecule has 5 heteroatoms. The second-order valence-corrected chi connectivity index (χ2v) is 6.52. The fourth-order valence-corrected chi connectivity index (χ4v) is 3.88. The molecule has 20 heavy (non-hydrogen) atoms. The second-order valence-electron chi connectivity index (χ2n) is 4.90. The van der Waals surface area contributed by atoms with Crippen molar-refractivity contribution in [3.63, 3.8) is 0 Å². The monoisotopic (exact) mass is 290 g/mol. The molecule has 0 aliphatic rings. The van der Waals surface area contributed by atoms with Crippen molar-refractivity contribution in [2.24, 2.45) is 0 Å². The van der Waals surface area contributed by atoms with Crippen LogP contribution in [0.15, 0.2) is 41.3 Å². The minimum Gasteiger partial charge on any atom is -0.399 e. The fourth-order valence-electron chi connectivity index (χ4n) is 2.29. The maximum Gasteiger partial charge on any atom is 0.262 e. The summed E-state index contributed by atoms with van der Waals surface area (Å²) in [4.78, 5) is 0.287. The van der Waals surface area contributed by atoms with Crippen LogP contribution >= 0.6 is 0 Å². The van der Waals surface area contributed by atoms with Gasteiger partial charge in [-0.05, 0) is 55.7 Å². The average Bonchev–Trinajstić information content (AvgIpc) is 2.30. The van der Waals surface area contributed by atoms with Gasteiger partial charge in [-0.2, -0.15) is 0 Å². The third-order valence-electron chi connectivity index (χ3n) is 3.14. The number of anilines is 2. The van der Waals surface area contributed by atoms with Crippen LogP contribution in [-0.2, 0) is 10.0 Å². The fraction of sp³-hybridized carbons (Fsp3) is 0.200. The summed E-state index contributed by atoms with van der Waals surface area (Å²) in [5.41, 5.74) is 9.05. The van der Waals surface area contributed by atoms with Crippen LogP contribution in [0.1, 0.15) is 16.7 Å². The third-order valence-corrected chi connectivity index (χ3v) is 4.81. The van der Waals surface area contributed by atoms with Crippen LogP contribution in [-0.4, -0.2) is 8.42 Å². The summed E-state index contributed by atoms with van der Waals surface area (Å²) in [5.74, 6) is 0. The van der Waals surface area contributed by atoms with Crippen LogP contribution in [0, 0.1) is 20.8 Å². The number of nitrogens with two attached hydrogens (primary N) is 1. The number of nitrogens with one attached hydrogen (secondary N) is 1. The van der Waals surface area contributed by atoms with Crippen LogP contribution in [0.3, 0.4) is 0 Å². The van der Waals surface area contributed by atoms with Crippen molar-refractivity contribution in [2.75, 3.05) is 10.5 Å². The van der Waals surface area contributed by atoms with Gasteiger partial charge in [-0.1, -0.05) is 18.2 Å². The topological polar surface area (TPSA) is 72.2 Å². The van der Waals surface area contributed by atoms with Crippen molar-refractivity contribution in [1.29, 1.82) is 0 Å². The highest BCUT2D eigenvalue weighted by molar-refractivity contribution is 7.92. The van der Waals surface area contributed by atoms with E-state index in [2.05, 4.69) is 4.72 Å². The number of hydrogen-bond donors (Lipinski definition) is 2. The van der Waals surface area contributed by atoms with Gasteiger partial charge in [-0.3, -0.25) is 4.72 Å². The van der Waals surface area contributed by atoms with Crippen LogP contribution in [0.4, 0.5) is 11.4 Å². The van der Waals surface area contributed by atoms with Gasteiger partial charge in [-0.15, -0.1) is 0 Å². The van der Waals surface area contributed by atoms with Gasteiger partial charge in [0.1, 0.15) is 0 Å². The van der Waals surface area contributed by atoms with Crippen molar-refractivity contribution in [1.82, 2.24) is 0 Å². The van der Waals surface area contributed by atoms with Crippen LogP contribution in [0.5, 0.6) is 0 Å². The summed E-state index contributed by atoms with van der Waals surface area (Å²) >= 11 is 0. The van der Waals surface area contributed by atoms with Gasteiger partial charge in [0.25, 0.3) is 10.0 Å². The van der Waals surface area contributed by atoms with Gasteiger partial charge >= 0.3 is 0 Å². The number of aryl methyl sites for hydroxylation is 3. The number of nitrogen functional groups attached to an aromatic ring is 1. The zero-order valence-electron chi connectivity index (χ0n) is 11.8. The minimum absolute atomic E-state index is 0.287. The van der Waals surface area contributed by atoms with Gasteiger partial charge in [0.05, 0.1) is 10.6 Å². The zero-order valence-corrected chi connectivity index (χ0v) is 12.6. The molecule has 106 valence electrons. The molecule has 0 bridgehead atoms. The Morgan fingerprint density at radius 3 is 2.05 bits per heavy atom. The van der Waals surface area contributed by atoms with E-state index < -0.39 is 10.0 Å². The van der Waals surface area contributed by atoms with E-state index in [1.165, 1.54) is 0 Å². The number of hydrogen-bond acceptors (Lipinski definition) is 3. The molecule has 4 nitrogen and oxygen atoms in total. The third kappa shape index (κ3) is 2.77. The molecule has 2 rings (SSSR count). The number of benzene rings is 2. The Morgan fingerprint density at radius 2 is 1.50 bits per heavy atom. The first-order valence-electron chi connectivity index (χ1n) is 6.26. The standard InChI is InChI=1S/C15H18N2O2S/c1-10-6-4-5-7-14(10)17-20(18,19)15-11(2)8-13(16)9-12(15)3/h4-9,17H,16H2,1-3H3. The molecule has 0 saturated carbocycles. The molecular formula is C15H18N2O2S. The van der Waals surface area contributed by atoms with Crippen molar-refractivity contribution >= 4 is 21.4 Å². The minimum atomic E-state index is -3.62. The molecule has 0 saturated heterocycles. The molecular weight excluding hydrogens is 272 g/mol. The normalized spacial score (nSPS) is 11.3. The molecule has 0 spiro atoms. The van der Waals surface area contributed by atoms with E-state index >= 15 is 0 Å². The molecule has 3 N–H and O–H groups in total. The van der Waals surface area contributed by atoms with Crippen molar-refractivity contribution < 1.29 is 8.42 Å². The van der Waals surface area contributed by atoms with E-state index in [0.29, 0.717) is 22.5 Å². The van der Waals surface area contributed by atoms with E-state index in [1.807, 2.05) is 19.1 Å². The van der Waals surface area contributed by atoms with Crippen LogP contribution < -0.4 is 10.5 Å². The molecule has 2 aromatic carbocycles.